The molecule has 0 bridgehead atoms. The number of carbonyl (C=O) groups is 3. The maximum atomic E-state index is 13.0. The van der Waals surface area contributed by atoms with E-state index in [9.17, 15) is 14.4 Å². The van der Waals surface area contributed by atoms with Gasteiger partial charge in [0.15, 0.2) is 6.10 Å². The number of unbranched alkanes of at least 4 members (excludes halogenated alkanes) is 48. The predicted octanol–water partition coefficient (Wildman–Crippen LogP) is 24.9. The smallest absolute Gasteiger partial charge is 0.306 e. The van der Waals surface area contributed by atoms with Crippen LogP contribution in [0.15, 0.2) is 48.6 Å². The summed E-state index contributed by atoms with van der Waals surface area (Å²) >= 11 is 0. The van der Waals surface area contributed by atoms with Gasteiger partial charge in [-0.25, -0.2) is 0 Å². The lowest BCUT2D eigenvalue weighted by Gasteiger charge is -2.18. The summed E-state index contributed by atoms with van der Waals surface area (Å²) in [5.74, 6) is -0.845. The molecule has 0 heterocycles. The summed E-state index contributed by atoms with van der Waals surface area (Å²) < 4.78 is 17.0. The average Bonchev–Trinajstić information content (AvgIpc) is 3.47. The second kappa shape index (κ2) is 69.9. The summed E-state index contributed by atoms with van der Waals surface area (Å²) in [6, 6.07) is 0. The minimum atomic E-state index is -0.775. The van der Waals surface area contributed by atoms with Gasteiger partial charge in [-0.3, -0.25) is 14.4 Å². The Morgan fingerprint density at radius 3 is 0.679 bits per heavy atom. The molecule has 0 radical (unpaired) electrons. The molecule has 0 rings (SSSR count). The zero-order valence-electron chi connectivity index (χ0n) is 54.6. The van der Waals surface area contributed by atoms with Gasteiger partial charge in [0.1, 0.15) is 13.2 Å². The van der Waals surface area contributed by atoms with Crippen LogP contribution in [0.5, 0.6) is 0 Å². The van der Waals surface area contributed by atoms with E-state index in [0.717, 1.165) is 70.6 Å². The first-order valence-electron chi connectivity index (χ1n) is 36.1. The molecule has 0 aromatic carbocycles. The van der Waals surface area contributed by atoms with E-state index in [4.69, 9.17) is 14.2 Å². The summed E-state index contributed by atoms with van der Waals surface area (Å²) in [4.78, 5) is 38.5. The Hall–Kier alpha value is -2.63. The van der Waals surface area contributed by atoms with E-state index in [0.29, 0.717) is 19.3 Å². The minimum Gasteiger partial charge on any atom is -0.462 e. The molecule has 6 heteroatoms. The Morgan fingerprint density at radius 1 is 0.247 bits per heavy atom. The summed E-state index contributed by atoms with van der Waals surface area (Å²) in [5, 5.41) is 0. The van der Waals surface area contributed by atoms with Crippen LogP contribution in [0.4, 0.5) is 0 Å². The lowest BCUT2D eigenvalue weighted by molar-refractivity contribution is -0.167. The van der Waals surface area contributed by atoms with Crippen molar-refractivity contribution in [2.24, 2.45) is 0 Å². The normalized spacial score (nSPS) is 12.3. The monoisotopic (exact) mass is 1140 g/mol. The van der Waals surface area contributed by atoms with Crippen LogP contribution in [-0.2, 0) is 28.6 Å². The van der Waals surface area contributed by atoms with Gasteiger partial charge in [0, 0.05) is 19.3 Å². The number of ether oxygens (including phenoxy) is 3. The molecule has 0 aromatic heterocycles. The minimum absolute atomic E-state index is 0.0696. The first-order chi connectivity index (χ1) is 40.0. The van der Waals surface area contributed by atoms with E-state index in [1.165, 1.54) is 283 Å². The third-order valence-corrected chi connectivity index (χ3v) is 16.3. The van der Waals surface area contributed by atoms with Crippen molar-refractivity contribution < 1.29 is 28.6 Å². The second-order valence-corrected chi connectivity index (χ2v) is 24.5. The number of hydrogen-bond donors (Lipinski definition) is 0. The number of carbonyl (C=O) groups excluding carboxylic acids is 3. The van der Waals surface area contributed by atoms with E-state index in [2.05, 4.69) is 69.4 Å². The first-order valence-corrected chi connectivity index (χ1v) is 36.1. The predicted molar refractivity (Wildman–Crippen MR) is 353 cm³/mol. The van der Waals surface area contributed by atoms with Crippen molar-refractivity contribution in [2.75, 3.05) is 13.2 Å². The number of hydrogen-bond acceptors (Lipinski definition) is 6. The molecule has 0 aliphatic heterocycles. The van der Waals surface area contributed by atoms with Crippen LogP contribution >= 0.6 is 0 Å². The Bertz CT molecular complexity index is 1400. The topological polar surface area (TPSA) is 78.9 Å². The van der Waals surface area contributed by atoms with Gasteiger partial charge >= 0.3 is 17.9 Å². The van der Waals surface area contributed by atoms with Gasteiger partial charge in [0.05, 0.1) is 0 Å². The highest BCUT2D eigenvalue weighted by molar-refractivity contribution is 5.71. The van der Waals surface area contributed by atoms with Crippen LogP contribution in [0, 0.1) is 0 Å². The van der Waals surface area contributed by atoms with Crippen molar-refractivity contribution in [3.05, 3.63) is 48.6 Å². The molecular weight excluding hydrogens is 997 g/mol. The Labute approximate surface area is 505 Å². The average molecular weight is 1140 g/mol. The van der Waals surface area contributed by atoms with Crippen LogP contribution in [-0.4, -0.2) is 37.2 Å². The van der Waals surface area contributed by atoms with Crippen molar-refractivity contribution in [1.29, 1.82) is 0 Å². The molecule has 0 fully saturated rings. The Kier molecular flexibility index (Phi) is 67.6. The summed E-state index contributed by atoms with van der Waals surface area (Å²) in [6.07, 6.45) is 88.4. The van der Waals surface area contributed by atoms with Crippen LogP contribution in [0.25, 0.3) is 0 Å². The summed E-state index contributed by atoms with van der Waals surface area (Å²) in [6.45, 7) is 6.69. The fourth-order valence-electron chi connectivity index (χ4n) is 10.9. The molecule has 474 valence electrons. The molecule has 0 spiro atoms. The van der Waals surface area contributed by atoms with Crippen molar-refractivity contribution in [1.82, 2.24) is 0 Å². The molecule has 0 aromatic rings. The lowest BCUT2D eigenvalue weighted by atomic mass is 10.0. The van der Waals surface area contributed by atoms with Gasteiger partial charge in [-0.2, -0.15) is 0 Å². The standard InChI is InChI=1S/C75H138O6/c1-4-7-10-13-16-19-22-25-28-31-33-35-37-39-41-44-47-50-53-56-59-62-65-68-74(77)80-71-72(70-79-73(76)67-64-61-58-55-52-49-46-43-30-27-24-21-18-15-12-9-6-3)81-75(78)69-66-63-60-57-54-51-48-45-42-40-38-36-34-32-29-26-23-20-17-14-11-8-5-2/h22-23,25-26,31-34,72H,4-21,24,27-30,35-71H2,1-3H3/b25-22-,26-23-,33-31-,34-32-. The molecule has 81 heavy (non-hydrogen) atoms. The van der Waals surface area contributed by atoms with Gasteiger partial charge in [0.2, 0.25) is 0 Å². The van der Waals surface area contributed by atoms with Crippen LogP contribution in [0.3, 0.4) is 0 Å². The zero-order valence-corrected chi connectivity index (χ0v) is 54.6. The van der Waals surface area contributed by atoms with Crippen LogP contribution in [0.1, 0.15) is 393 Å². The van der Waals surface area contributed by atoms with Crippen molar-refractivity contribution >= 4 is 17.9 Å². The van der Waals surface area contributed by atoms with Gasteiger partial charge < -0.3 is 14.2 Å². The fraction of sp³-hybridized carbons (Fsp3) is 0.853. The van der Waals surface area contributed by atoms with Gasteiger partial charge in [-0.05, 0) is 83.5 Å². The van der Waals surface area contributed by atoms with Gasteiger partial charge in [0.25, 0.3) is 0 Å². The highest BCUT2D eigenvalue weighted by Crippen LogP contribution is 2.18. The number of rotatable bonds is 67. The second-order valence-electron chi connectivity index (χ2n) is 24.5. The third kappa shape index (κ3) is 68.0. The van der Waals surface area contributed by atoms with E-state index < -0.39 is 6.10 Å². The van der Waals surface area contributed by atoms with Gasteiger partial charge in [-0.1, -0.05) is 339 Å². The van der Waals surface area contributed by atoms with Gasteiger partial charge in [-0.15, -0.1) is 0 Å². The molecule has 0 saturated carbocycles. The Balaban J connectivity index is 4.32. The maximum Gasteiger partial charge on any atom is 0.306 e. The largest absolute Gasteiger partial charge is 0.462 e. The maximum absolute atomic E-state index is 13.0. The molecule has 0 amide bonds. The first kappa shape index (κ1) is 78.4. The van der Waals surface area contributed by atoms with Crippen LogP contribution in [0.2, 0.25) is 0 Å². The molecule has 0 aliphatic carbocycles. The highest BCUT2D eigenvalue weighted by Gasteiger charge is 2.19. The lowest BCUT2D eigenvalue weighted by Crippen LogP contribution is -2.30. The number of esters is 3. The van der Waals surface area contributed by atoms with Crippen molar-refractivity contribution in [3.8, 4) is 0 Å². The third-order valence-electron chi connectivity index (χ3n) is 16.3. The molecule has 0 saturated heterocycles. The molecule has 1 atom stereocenters. The van der Waals surface area contributed by atoms with Crippen molar-refractivity contribution in [3.63, 3.8) is 0 Å². The molecule has 1 unspecified atom stereocenters. The summed E-state index contributed by atoms with van der Waals surface area (Å²) in [7, 11) is 0. The zero-order chi connectivity index (χ0) is 58.5. The quantitative estimate of drug-likeness (QED) is 0.0261. The van der Waals surface area contributed by atoms with E-state index in [1.54, 1.807) is 0 Å². The van der Waals surface area contributed by atoms with E-state index >= 15 is 0 Å². The summed E-state index contributed by atoms with van der Waals surface area (Å²) in [5.41, 5.74) is 0. The molecule has 0 aliphatic rings. The van der Waals surface area contributed by atoms with Crippen molar-refractivity contribution in [2.45, 2.75) is 399 Å². The fourth-order valence-corrected chi connectivity index (χ4v) is 10.9. The highest BCUT2D eigenvalue weighted by atomic mass is 16.6. The van der Waals surface area contributed by atoms with E-state index in [-0.39, 0.29) is 31.1 Å². The molecule has 0 N–H and O–H groups in total. The molecule has 6 nitrogen and oxygen atoms in total. The van der Waals surface area contributed by atoms with E-state index in [1.807, 2.05) is 0 Å². The SMILES string of the molecule is CCCCCCC/C=C\C/C=C\CCCCCCCCCCCCCC(=O)OCC(COC(=O)CCCCCCCCCCCCCCCCCCC)OC(=O)CCCCCCCCCCCCC/C=C\C/C=C\CCCCCCC. The van der Waals surface area contributed by atoms with Crippen LogP contribution < -0.4 is 0 Å². The number of allylic oxidation sites excluding steroid dienone is 8. The molecular formula is C75H138O6. The Morgan fingerprint density at radius 2 is 0.444 bits per heavy atom.